The summed E-state index contributed by atoms with van der Waals surface area (Å²) in [5.41, 5.74) is 1.48. The largest absolute Gasteiger partial charge is 0.317 e. The Morgan fingerprint density at radius 3 is 2.81 bits per heavy atom. The van der Waals surface area contributed by atoms with Crippen LogP contribution in [0, 0.1) is 17.0 Å². The quantitative estimate of drug-likeness (QED) is 0.611. The Morgan fingerprint density at radius 2 is 2.31 bits per heavy atom. The van der Waals surface area contributed by atoms with Gasteiger partial charge in [-0.05, 0) is 26.0 Å². The van der Waals surface area contributed by atoms with Crippen LogP contribution in [0.5, 0.6) is 0 Å². The van der Waals surface area contributed by atoms with E-state index in [4.69, 9.17) is 0 Å². The van der Waals surface area contributed by atoms with Gasteiger partial charge < -0.3 is 5.32 Å². The lowest BCUT2D eigenvalue weighted by Crippen LogP contribution is -2.27. The topological polar surface area (TPSA) is 68.1 Å². The summed E-state index contributed by atoms with van der Waals surface area (Å²) < 4.78 is 0. The van der Waals surface area contributed by atoms with Crippen LogP contribution in [-0.2, 0) is 6.42 Å². The summed E-state index contributed by atoms with van der Waals surface area (Å²) in [6, 6.07) is 1.80. The van der Waals surface area contributed by atoms with Gasteiger partial charge in [-0.25, -0.2) is 0 Å². The van der Waals surface area contributed by atoms with Crippen LogP contribution >= 0.6 is 0 Å². The van der Waals surface area contributed by atoms with Crippen molar-refractivity contribution in [3.05, 3.63) is 33.6 Å². The highest BCUT2D eigenvalue weighted by Gasteiger charge is 2.17. The number of aromatic nitrogens is 1. The fourth-order valence-corrected chi connectivity index (χ4v) is 1.58. The smallest absolute Gasteiger partial charge is 0.291 e. The molecular formula is C11H17N3O2. The second-order valence-corrected chi connectivity index (χ2v) is 3.83. The minimum Gasteiger partial charge on any atom is -0.317 e. The Bertz CT molecular complexity index is 375. The summed E-state index contributed by atoms with van der Waals surface area (Å²) in [5.74, 6) is 0. The van der Waals surface area contributed by atoms with Gasteiger partial charge >= 0.3 is 0 Å². The molecule has 1 rings (SSSR count). The number of aryl methyl sites for hydroxylation is 1. The Hall–Kier alpha value is -1.49. The molecule has 5 nitrogen and oxygen atoms in total. The van der Waals surface area contributed by atoms with E-state index in [-0.39, 0.29) is 16.7 Å². The van der Waals surface area contributed by atoms with Crippen molar-refractivity contribution in [2.45, 2.75) is 32.7 Å². The van der Waals surface area contributed by atoms with Crippen molar-refractivity contribution >= 4 is 5.69 Å². The Labute approximate surface area is 95.0 Å². The third-order valence-corrected chi connectivity index (χ3v) is 2.62. The number of nitrogens with one attached hydrogen (secondary N) is 1. The van der Waals surface area contributed by atoms with Crippen molar-refractivity contribution in [3.63, 3.8) is 0 Å². The minimum atomic E-state index is -0.363. The van der Waals surface area contributed by atoms with Crippen LogP contribution in [0.4, 0.5) is 5.69 Å². The second-order valence-electron chi connectivity index (χ2n) is 3.83. The van der Waals surface area contributed by atoms with Crippen LogP contribution < -0.4 is 5.32 Å². The Morgan fingerprint density at radius 1 is 1.62 bits per heavy atom. The molecule has 0 aliphatic carbocycles. The van der Waals surface area contributed by atoms with Crippen molar-refractivity contribution in [3.8, 4) is 0 Å². The van der Waals surface area contributed by atoms with Crippen LogP contribution in [0.25, 0.3) is 0 Å². The van der Waals surface area contributed by atoms with E-state index in [0.717, 1.165) is 12.0 Å². The summed E-state index contributed by atoms with van der Waals surface area (Å²) in [4.78, 5) is 14.7. The third kappa shape index (κ3) is 3.00. The van der Waals surface area contributed by atoms with Gasteiger partial charge in [0.2, 0.25) is 0 Å². The standard InChI is InChI=1S/C11H17N3O2/c1-4-9(12-3)6-10-11(14(15)16)5-8(2)7-13-10/h5,7,9,12H,4,6H2,1-3H3. The fourth-order valence-electron chi connectivity index (χ4n) is 1.58. The van der Waals surface area contributed by atoms with E-state index < -0.39 is 0 Å². The number of rotatable bonds is 5. The Balaban J connectivity index is 2.98. The van der Waals surface area contributed by atoms with Crippen molar-refractivity contribution < 1.29 is 4.92 Å². The van der Waals surface area contributed by atoms with Gasteiger partial charge in [-0.2, -0.15) is 0 Å². The second kappa shape index (κ2) is 5.55. The first-order valence-electron chi connectivity index (χ1n) is 5.35. The first-order chi connectivity index (χ1) is 7.58. The van der Waals surface area contributed by atoms with Crippen molar-refractivity contribution in [2.75, 3.05) is 7.05 Å². The number of pyridine rings is 1. The number of nitro groups is 1. The molecule has 0 aliphatic rings. The molecule has 0 aliphatic heterocycles. The molecule has 0 radical (unpaired) electrons. The van der Waals surface area contributed by atoms with Crippen LogP contribution in [0.2, 0.25) is 0 Å². The van der Waals surface area contributed by atoms with Gasteiger partial charge in [-0.1, -0.05) is 6.92 Å². The highest BCUT2D eigenvalue weighted by molar-refractivity contribution is 5.38. The Kier molecular flexibility index (Phi) is 4.37. The molecule has 0 spiro atoms. The number of likely N-dealkylation sites (N-methyl/N-ethyl adjacent to an activating group) is 1. The van der Waals surface area contributed by atoms with Gasteiger partial charge in [0.05, 0.1) is 4.92 Å². The summed E-state index contributed by atoms with van der Waals surface area (Å²) in [6.07, 6.45) is 3.18. The van der Waals surface area contributed by atoms with E-state index in [1.54, 1.807) is 19.2 Å². The zero-order valence-corrected chi connectivity index (χ0v) is 9.86. The maximum absolute atomic E-state index is 10.9. The van der Waals surface area contributed by atoms with E-state index in [2.05, 4.69) is 10.3 Å². The van der Waals surface area contributed by atoms with Crippen LogP contribution in [-0.4, -0.2) is 23.0 Å². The highest BCUT2D eigenvalue weighted by Crippen LogP contribution is 2.19. The molecule has 5 heteroatoms. The van der Waals surface area contributed by atoms with Gasteiger partial charge in [0.25, 0.3) is 5.69 Å². The average molecular weight is 223 g/mol. The zero-order valence-electron chi connectivity index (χ0n) is 9.86. The predicted molar refractivity (Wildman–Crippen MR) is 62.5 cm³/mol. The molecule has 16 heavy (non-hydrogen) atoms. The van der Waals surface area contributed by atoms with Gasteiger partial charge in [0.15, 0.2) is 0 Å². The lowest BCUT2D eigenvalue weighted by Gasteiger charge is -2.13. The fraction of sp³-hybridized carbons (Fsp3) is 0.545. The summed E-state index contributed by atoms with van der Waals surface area (Å²) >= 11 is 0. The average Bonchev–Trinajstić information content (AvgIpc) is 2.27. The molecule has 0 fully saturated rings. The number of hydrogen-bond acceptors (Lipinski definition) is 4. The van der Waals surface area contributed by atoms with E-state index in [0.29, 0.717) is 12.1 Å². The molecule has 88 valence electrons. The summed E-state index contributed by atoms with van der Waals surface area (Å²) in [5, 5.41) is 14.0. The van der Waals surface area contributed by atoms with E-state index >= 15 is 0 Å². The molecule has 0 saturated heterocycles. The SMILES string of the molecule is CCC(Cc1ncc(C)cc1[N+](=O)[O-])NC. The minimum absolute atomic E-state index is 0.119. The summed E-state index contributed by atoms with van der Waals surface area (Å²) in [6.45, 7) is 3.85. The maximum Gasteiger partial charge on any atom is 0.291 e. The maximum atomic E-state index is 10.9. The van der Waals surface area contributed by atoms with Gasteiger partial charge in [0, 0.05) is 24.7 Å². The lowest BCUT2D eigenvalue weighted by atomic mass is 10.1. The first-order valence-corrected chi connectivity index (χ1v) is 5.35. The van der Waals surface area contributed by atoms with Crippen LogP contribution in [0.1, 0.15) is 24.6 Å². The highest BCUT2D eigenvalue weighted by atomic mass is 16.6. The van der Waals surface area contributed by atoms with E-state index in [1.807, 2.05) is 14.0 Å². The van der Waals surface area contributed by atoms with Crippen LogP contribution in [0.3, 0.4) is 0 Å². The number of nitrogens with zero attached hydrogens (tertiary/aromatic N) is 2. The molecule has 0 amide bonds. The van der Waals surface area contributed by atoms with Crippen LogP contribution in [0.15, 0.2) is 12.3 Å². The molecule has 0 bridgehead atoms. The first kappa shape index (κ1) is 12.6. The monoisotopic (exact) mass is 223 g/mol. The van der Waals surface area contributed by atoms with Crippen molar-refractivity contribution in [1.29, 1.82) is 0 Å². The molecule has 0 saturated carbocycles. The molecule has 1 heterocycles. The molecular weight excluding hydrogens is 206 g/mol. The molecule has 1 unspecified atom stereocenters. The molecule has 1 N–H and O–H groups in total. The van der Waals surface area contributed by atoms with Gasteiger partial charge in [0.1, 0.15) is 5.69 Å². The number of hydrogen-bond donors (Lipinski definition) is 1. The third-order valence-electron chi connectivity index (χ3n) is 2.62. The van der Waals surface area contributed by atoms with E-state index in [9.17, 15) is 10.1 Å². The van der Waals surface area contributed by atoms with Gasteiger partial charge in [-0.15, -0.1) is 0 Å². The van der Waals surface area contributed by atoms with E-state index in [1.165, 1.54) is 0 Å². The molecule has 1 atom stereocenters. The zero-order chi connectivity index (χ0) is 12.1. The van der Waals surface area contributed by atoms with Crippen molar-refractivity contribution in [2.24, 2.45) is 0 Å². The molecule has 0 aromatic carbocycles. The normalized spacial score (nSPS) is 12.4. The molecule has 1 aromatic rings. The van der Waals surface area contributed by atoms with Gasteiger partial charge in [-0.3, -0.25) is 15.1 Å². The van der Waals surface area contributed by atoms with Crippen molar-refractivity contribution in [1.82, 2.24) is 10.3 Å². The predicted octanol–water partition coefficient (Wildman–Crippen LogP) is 1.84. The summed E-state index contributed by atoms with van der Waals surface area (Å²) in [7, 11) is 1.86. The lowest BCUT2D eigenvalue weighted by molar-refractivity contribution is -0.386. The molecule has 1 aromatic heterocycles.